The second kappa shape index (κ2) is 11.1. The smallest absolute Gasteiger partial charge is 0.332 e. The van der Waals surface area contributed by atoms with E-state index in [2.05, 4.69) is 0 Å². The summed E-state index contributed by atoms with van der Waals surface area (Å²) in [7, 11) is 3.01. The number of likely N-dealkylation sites (tertiary alicyclic amines) is 1. The number of benzene rings is 2. The Balaban J connectivity index is 1.60. The fourth-order valence-corrected chi connectivity index (χ4v) is 5.13. The lowest BCUT2D eigenvalue weighted by molar-refractivity contribution is -0.131. The van der Waals surface area contributed by atoms with Crippen molar-refractivity contribution in [1.82, 2.24) is 14.0 Å². The molecule has 11 heteroatoms. The molecule has 2 fully saturated rings. The van der Waals surface area contributed by atoms with Crippen molar-refractivity contribution in [1.29, 1.82) is 0 Å². The highest BCUT2D eigenvalue weighted by Gasteiger charge is 2.37. The molecule has 9 nitrogen and oxygen atoms in total. The Labute approximate surface area is 223 Å². The van der Waals surface area contributed by atoms with E-state index in [0.29, 0.717) is 42.1 Å². The maximum absolute atomic E-state index is 13.9. The summed E-state index contributed by atoms with van der Waals surface area (Å²) in [6, 6.07) is 9.26. The zero-order valence-corrected chi connectivity index (χ0v) is 21.9. The van der Waals surface area contributed by atoms with E-state index in [4.69, 9.17) is 14.2 Å². The first kappa shape index (κ1) is 26.7. The van der Waals surface area contributed by atoms with Gasteiger partial charge in [-0.25, -0.2) is 13.6 Å². The average Bonchev–Trinajstić information content (AvgIpc) is 3.70. The molecule has 3 aromatic rings. The zero-order valence-electron chi connectivity index (χ0n) is 21.9. The number of aromatic nitrogens is 2. The molecular formula is C28H31F2N3O6. The molecular weight excluding hydrogens is 512 g/mol. The Kier molecular flexibility index (Phi) is 7.58. The monoisotopic (exact) mass is 543 g/mol. The molecule has 1 atom stereocenters. The summed E-state index contributed by atoms with van der Waals surface area (Å²) in [5.74, 6) is 1.25. The van der Waals surface area contributed by atoms with Crippen LogP contribution in [0.4, 0.5) is 8.78 Å². The van der Waals surface area contributed by atoms with Gasteiger partial charge in [0.05, 0.1) is 37.7 Å². The Morgan fingerprint density at radius 3 is 2.41 bits per heavy atom. The molecule has 1 aliphatic heterocycles. The van der Waals surface area contributed by atoms with Crippen LogP contribution >= 0.6 is 0 Å². The average molecular weight is 544 g/mol. The maximum atomic E-state index is 13.9. The first-order valence-electron chi connectivity index (χ1n) is 13.0. The summed E-state index contributed by atoms with van der Waals surface area (Å²) < 4.78 is 45.0. The summed E-state index contributed by atoms with van der Waals surface area (Å²) in [6.07, 6.45) is 1.05. The van der Waals surface area contributed by atoms with Crippen molar-refractivity contribution in [2.75, 3.05) is 40.7 Å². The van der Waals surface area contributed by atoms with E-state index < -0.39 is 30.7 Å². The lowest BCUT2D eigenvalue weighted by Crippen LogP contribution is -2.42. The largest absolute Gasteiger partial charge is 0.493 e. The molecule has 1 aromatic heterocycles. The number of ether oxygens (including phenoxy) is 3. The molecule has 0 N–H and O–H groups in total. The van der Waals surface area contributed by atoms with Crippen molar-refractivity contribution in [3.05, 3.63) is 62.8 Å². The van der Waals surface area contributed by atoms with Crippen molar-refractivity contribution in [3.8, 4) is 17.2 Å². The third kappa shape index (κ3) is 5.22. The summed E-state index contributed by atoms with van der Waals surface area (Å²) in [4.78, 5) is 42.0. The van der Waals surface area contributed by atoms with Gasteiger partial charge in [0.25, 0.3) is 5.56 Å². The minimum atomic E-state index is -1.29. The van der Waals surface area contributed by atoms with Crippen LogP contribution in [-0.4, -0.2) is 66.7 Å². The molecule has 0 bridgehead atoms. The van der Waals surface area contributed by atoms with Crippen LogP contribution in [0.3, 0.4) is 0 Å². The molecule has 1 aliphatic carbocycles. The first-order chi connectivity index (χ1) is 18.9. The molecule has 0 radical (unpaired) electrons. The van der Waals surface area contributed by atoms with Gasteiger partial charge in [0.15, 0.2) is 17.6 Å². The van der Waals surface area contributed by atoms with Crippen LogP contribution in [0.2, 0.25) is 0 Å². The van der Waals surface area contributed by atoms with Crippen LogP contribution in [0.25, 0.3) is 10.9 Å². The van der Waals surface area contributed by atoms with Crippen molar-refractivity contribution >= 4 is 16.8 Å². The number of carbonyl (C=O) groups is 1. The Morgan fingerprint density at radius 1 is 1.00 bits per heavy atom. The molecule has 2 aliphatic rings. The number of methoxy groups -OCH3 is 2. The van der Waals surface area contributed by atoms with Gasteiger partial charge in [-0.1, -0.05) is 6.07 Å². The third-order valence-corrected chi connectivity index (χ3v) is 7.34. The number of nitrogens with zero attached hydrogens (tertiary/aromatic N) is 3. The second-order valence-electron chi connectivity index (χ2n) is 9.96. The van der Waals surface area contributed by atoms with Gasteiger partial charge in [-0.15, -0.1) is 0 Å². The van der Waals surface area contributed by atoms with Crippen LogP contribution in [-0.2, 0) is 11.3 Å². The Hall–Kier alpha value is -3.89. The summed E-state index contributed by atoms with van der Waals surface area (Å²) >= 11 is 0. The molecule has 0 spiro atoms. The minimum Gasteiger partial charge on any atom is -0.493 e. The van der Waals surface area contributed by atoms with E-state index in [0.717, 1.165) is 17.4 Å². The number of alkyl halides is 2. The van der Waals surface area contributed by atoms with Gasteiger partial charge in [0, 0.05) is 19.0 Å². The molecule has 2 heterocycles. The van der Waals surface area contributed by atoms with Gasteiger partial charge >= 0.3 is 5.69 Å². The minimum absolute atomic E-state index is 0.0475. The lowest BCUT2D eigenvalue weighted by Gasteiger charge is -2.21. The normalized spacial score (nSPS) is 17.2. The highest BCUT2D eigenvalue weighted by molar-refractivity contribution is 5.82. The summed E-state index contributed by atoms with van der Waals surface area (Å²) in [5, 5.41) is 0.177. The van der Waals surface area contributed by atoms with Gasteiger partial charge in [0.2, 0.25) is 5.91 Å². The fraction of sp³-hybridized carbons (Fsp3) is 0.464. The van der Waals surface area contributed by atoms with E-state index in [-0.39, 0.29) is 35.5 Å². The molecule has 1 unspecified atom stereocenters. The topological polar surface area (TPSA) is 92.0 Å². The second-order valence-corrected chi connectivity index (χ2v) is 9.96. The summed E-state index contributed by atoms with van der Waals surface area (Å²) in [5.41, 5.74) is -0.0553. The van der Waals surface area contributed by atoms with Gasteiger partial charge < -0.3 is 19.1 Å². The van der Waals surface area contributed by atoms with Crippen molar-refractivity contribution < 1.29 is 27.8 Å². The van der Waals surface area contributed by atoms with E-state index >= 15 is 0 Å². The fourth-order valence-electron chi connectivity index (χ4n) is 5.13. The predicted molar refractivity (Wildman–Crippen MR) is 140 cm³/mol. The van der Waals surface area contributed by atoms with Gasteiger partial charge in [-0.05, 0) is 55.2 Å². The number of fused-ring (bicyclic) bond motifs is 1. The number of amides is 1. The van der Waals surface area contributed by atoms with Crippen molar-refractivity contribution in [2.45, 2.75) is 38.0 Å². The molecule has 1 saturated heterocycles. The molecule has 208 valence electrons. The number of carbonyl (C=O) groups excluding carboxylic acids is 1. The molecule has 1 amide bonds. The molecule has 2 aromatic carbocycles. The molecule has 1 saturated carbocycles. The lowest BCUT2D eigenvalue weighted by atomic mass is 10.1. The maximum Gasteiger partial charge on any atom is 0.332 e. The SMILES string of the molecule is COc1ccc(Cn2c(=O)c3cc(OC(CF)CF)ccc3n(C3CCN(C(=O)C4CC4)C3)c2=O)cc1OC. The van der Waals surface area contributed by atoms with Gasteiger partial charge in [-0.3, -0.25) is 18.7 Å². The number of halogens is 2. The van der Waals surface area contributed by atoms with Crippen LogP contribution < -0.4 is 25.5 Å². The van der Waals surface area contributed by atoms with Crippen LogP contribution in [0.1, 0.15) is 30.9 Å². The van der Waals surface area contributed by atoms with Crippen molar-refractivity contribution in [2.24, 2.45) is 5.92 Å². The van der Waals surface area contributed by atoms with Crippen molar-refractivity contribution in [3.63, 3.8) is 0 Å². The van der Waals surface area contributed by atoms with Gasteiger partial charge in [-0.2, -0.15) is 0 Å². The van der Waals surface area contributed by atoms with E-state index in [1.807, 2.05) is 0 Å². The number of hydrogen-bond acceptors (Lipinski definition) is 6. The predicted octanol–water partition coefficient (Wildman–Crippen LogP) is 3.10. The Morgan fingerprint density at radius 2 is 1.74 bits per heavy atom. The quantitative estimate of drug-likeness (QED) is 0.390. The standard InChI is InChI=1S/C28H31F2N3O6/c1-37-24-8-3-17(11-25(24)38-2)15-32-27(35)22-12-20(39-21(13-29)14-30)6-7-23(22)33(28(32)36)19-9-10-31(16-19)26(34)18-4-5-18/h3,6-8,11-12,18-19,21H,4-5,9-10,13-16H2,1-2H3. The van der Waals surface area contributed by atoms with Crippen LogP contribution in [0, 0.1) is 5.92 Å². The molecule has 5 rings (SSSR count). The highest BCUT2D eigenvalue weighted by Crippen LogP contribution is 2.34. The number of rotatable bonds is 10. The van der Waals surface area contributed by atoms with E-state index in [1.54, 1.807) is 33.7 Å². The first-order valence-corrected chi connectivity index (χ1v) is 13.0. The van der Waals surface area contributed by atoms with E-state index in [9.17, 15) is 23.2 Å². The highest BCUT2D eigenvalue weighted by atomic mass is 19.1. The van der Waals surface area contributed by atoms with Crippen LogP contribution in [0.15, 0.2) is 46.0 Å². The van der Waals surface area contributed by atoms with Gasteiger partial charge in [0.1, 0.15) is 19.1 Å². The number of hydrogen-bond donors (Lipinski definition) is 0. The van der Waals surface area contributed by atoms with E-state index in [1.165, 1.54) is 26.4 Å². The summed E-state index contributed by atoms with van der Waals surface area (Å²) in [6.45, 7) is -1.20. The zero-order chi connectivity index (χ0) is 27.7. The third-order valence-electron chi connectivity index (χ3n) is 7.34. The Bertz CT molecular complexity index is 1500. The molecule has 39 heavy (non-hydrogen) atoms. The van der Waals surface area contributed by atoms with Crippen LogP contribution in [0.5, 0.6) is 17.2 Å².